The SMILES string of the molecule is Cc1ncc(CN[C@H](C)C2CCCCC2)[nH]1. The fourth-order valence-electron chi connectivity index (χ4n) is 2.63. The largest absolute Gasteiger partial charge is 0.345 e. The Balaban J connectivity index is 1.76. The maximum Gasteiger partial charge on any atom is 0.103 e. The van der Waals surface area contributed by atoms with Crippen LogP contribution < -0.4 is 5.32 Å². The van der Waals surface area contributed by atoms with E-state index in [9.17, 15) is 0 Å². The number of aryl methyl sites for hydroxylation is 1. The van der Waals surface area contributed by atoms with E-state index in [4.69, 9.17) is 0 Å². The highest BCUT2D eigenvalue weighted by Crippen LogP contribution is 2.26. The van der Waals surface area contributed by atoms with Crippen LogP contribution in [0.5, 0.6) is 0 Å². The molecule has 0 spiro atoms. The summed E-state index contributed by atoms with van der Waals surface area (Å²) in [6.07, 6.45) is 8.99. The van der Waals surface area contributed by atoms with Gasteiger partial charge in [-0.2, -0.15) is 0 Å². The summed E-state index contributed by atoms with van der Waals surface area (Å²) in [5.74, 6) is 1.87. The number of aromatic amines is 1. The van der Waals surface area contributed by atoms with E-state index in [1.165, 1.54) is 37.8 Å². The van der Waals surface area contributed by atoms with Crippen molar-refractivity contribution >= 4 is 0 Å². The lowest BCUT2D eigenvalue weighted by Gasteiger charge is -2.28. The van der Waals surface area contributed by atoms with Crippen molar-refractivity contribution in [1.82, 2.24) is 15.3 Å². The number of hydrogen-bond donors (Lipinski definition) is 2. The number of nitrogens with zero attached hydrogens (tertiary/aromatic N) is 1. The first-order valence-electron chi connectivity index (χ1n) is 6.49. The molecule has 2 rings (SSSR count). The minimum atomic E-state index is 0.629. The van der Waals surface area contributed by atoms with Crippen molar-refractivity contribution < 1.29 is 0 Å². The first-order chi connectivity index (χ1) is 7.75. The predicted octanol–water partition coefficient (Wildman–Crippen LogP) is 2.78. The van der Waals surface area contributed by atoms with Crippen molar-refractivity contribution in [3.8, 4) is 0 Å². The molecular formula is C13H23N3. The molecule has 3 nitrogen and oxygen atoms in total. The number of rotatable bonds is 4. The highest BCUT2D eigenvalue weighted by atomic mass is 15.0. The van der Waals surface area contributed by atoms with Crippen LogP contribution in [0.15, 0.2) is 6.20 Å². The molecule has 0 bridgehead atoms. The zero-order chi connectivity index (χ0) is 11.4. The number of nitrogens with one attached hydrogen (secondary N) is 2. The summed E-state index contributed by atoms with van der Waals surface area (Å²) in [5, 5.41) is 3.61. The van der Waals surface area contributed by atoms with Crippen molar-refractivity contribution in [1.29, 1.82) is 0 Å². The molecule has 1 fully saturated rings. The summed E-state index contributed by atoms with van der Waals surface area (Å²) in [6, 6.07) is 0.629. The molecule has 0 aliphatic heterocycles. The lowest BCUT2D eigenvalue weighted by atomic mass is 9.84. The van der Waals surface area contributed by atoms with Gasteiger partial charge in [0.05, 0.1) is 0 Å². The lowest BCUT2D eigenvalue weighted by molar-refractivity contribution is 0.280. The Morgan fingerprint density at radius 3 is 2.81 bits per heavy atom. The molecule has 0 amide bonds. The van der Waals surface area contributed by atoms with Gasteiger partial charge in [0, 0.05) is 24.5 Å². The van der Waals surface area contributed by atoms with E-state index in [2.05, 4.69) is 22.2 Å². The van der Waals surface area contributed by atoms with E-state index < -0.39 is 0 Å². The molecule has 0 radical (unpaired) electrons. The Morgan fingerprint density at radius 1 is 1.44 bits per heavy atom. The molecule has 90 valence electrons. The fourth-order valence-corrected chi connectivity index (χ4v) is 2.63. The van der Waals surface area contributed by atoms with E-state index >= 15 is 0 Å². The quantitative estimate of drug-likeness (QED) is 0.820. The van der Waals surface area contributed by atoms with E-state index in [0.29, 0.717) is 6.04 Å². The molecule has 1 aliphatic rings. The monoisotopic (exact) mass is 221 g/mol. The van der Waals surface area contributed by atoms with Crippen molar-refractivity contribution in [3.63, 3.8) is 0 Å². The lowest BCUT2D eigenvalue weighted by Crippen LogP contribution is -2.34. The van der Waals surface area contributed by atoms with Gasteiger partial charge in [-0.1, -0.05) is 19.3 Å². The molecular weight excluding hydrogens is 198 g/mol. The van der Waals surface area contributed by atoms with Crippen LogP contribution in [0, 0.1) is 12.8 Å². The van der Waals surface area contributed by atoms with Crippen LogP contribution in [-0.4, -0.2) is 16.0 Å². The summed E-state index contributed by atoms with van der Waals surface area (Å²) in [5.41, 5.74) is 1.19. The minimum absolute atomic E-state index is 0.629. The van der Waals surface area contributed by atoms with Crippen LogP contribution in [0.4, 0.5) is 0 Å². The van der Waals surface area contributed by atoms with Gasteiger partial charge < -0.3 is 10.3 Å². The summed E-state index contributed by atoms with van der Waals surface area (Å²) in [4.78, 5) is 7.47. The zero-order valence-corrected chi connectivity index (χ0v) is 10.4. The molecule has 0 aromatic carbocycles. The molecule has 1 heterocycles. The number of aromatic nitrogens is 2. The molecule has 1 saturated carbocycles. The fraction of sp³-hybridized carbons (Fsp3) is 0.769. The Morgan fingerprint density at radius 2 is 2.19 bits per heavy atom. The Labute approximate surface area is 98.1 Å². The standard InChI is InChI=1S/C13H23N3/c1-10(12-6-4-3-5-7-12)14-8-13-9-15-11(2)16-13/h9-10,12,14H,3-8H2,1-2H3,(H,15,16)/t10-/m1/s1. The van der Waals surface area contributed by atoms with Gasteiger partial charge in [-0.15, -0.1) is 0 Å². The molecule has 16 heavy (non-hydrogen) atoms. The van der Waals surface area contributed by atoms with Gasteiger partial charge in [0.25, 0.3) is 0 Å². The van der Waals surface area contributed by atoms with Gasteiger partial charge in [-0.25, -0.2) is 4.98 Å². The van der Waals surface area contributed by atoms with Crippen molar-refractivity contribution in [2.45, 2.75) is 58.5 Å². The van der Waals surface area contributed by atoms with Crippen LogP contribution in [0.25, 0.3) is 0 Å². The second kappa shape index (κ2) is 5.48. The molecule has 1 atom stereocenters. The van der Waals surface area contributed by atoms with Gasteiger partial charge in [0.2, 0.25) is 0 Å². The average Bonchev–Trinajstić information content (AvgIpc) is 2.73. The molecule has 0 unspecified atom stereocenters. The maximum atomic E-state index is 4.21. The Kier molecular flexibility index (Phi) is 3.99. The summed E-state index contributed by atoms with van der Waals surface area (Å²) >= 11 is 0. The maximum absolute atomic E-state index is 4.21. The zero-order valence-electron chi connectivity index (χ0n) is 10.4. The first kappa shape index (κ1) is 11.6. The van der Waals surface area contributed by atoms with Gasteiger partial charge in [-0.05, 0) is 32.6 Å². The van der Waals surface area contributed by atoms with E-state index in [0.717, 1.165) is 18.3 Å². The van der Waals surface area contributed by atoms with Gasteiger partial charge >= 0.3 is 0 Å². The van der Waals surface area contributed by atoms with Crippen LogP contribution in [-0.2, 0) is 6.54 Å². The Bertz CT molecular complexity index is 313. The second-order valence-electron chi connectivity index (χ2n) is 5.06. The van der Waals surface area contributed by atoms with Gasteiger partial charge in [0.1, 0.15) is 5.82 Å². The van der Waals surface area contributed by atoms with E-state index in [1.807, 2.05) is 13.1 Å². The van der Waals surface area contributed by atoms with E-state index in [1.54, 1.807) is 0 Å². The van der Waals surface area contributed by atoms with E-state index in [-0.39, 0.29) is 0 Å². The van der Waals surface area contributed by atoms with Crippen LogP contribution in [0.1, 0.15) is 50.5 Å². The van der Waals surface area contributed by atoms with Crippen molar-refractivity contribution in [2.75, 3.05) is 0 Å². The summed E-state index contributed by atoms with van der Waals surface area (Å²) in [7, 11) is 0. The minimum Gasteiger partial charge on any atom is -0.345 e. The molecule has 1 aliphatic carbocycles. The number of hydrogen-bond acceptors (Lipinski definition) is 2. The number of H-pyrrole nitrogens is 1. The first-order valence-corrected chi connectivity index (χ1v) is 6.49. The van der Waals surface area contributed by atoms with Crippen LogP contribution >= 0.6 is 0 Å². The second-order valence-corrected chi connectivity index (χ2v) is 5.06. The molecule has 0 saturated heterocycles. The highest BCUT2D eigenvalue weighted by Gasteiger charge is 2.19. The summed E-state index contributed by atoms with van der Waals surface area (Å²) in [6.45, 7) is 5.23. The predicted molar refractivity (Wildman–Crippen MR) is 66.2 cm³/mol. The molecule has 3 heteroatoms. The third-order valence-corrected chi connectivity index (χ3v) is 3.73. The summed E-state index contributed by atoms with van der Waals surface area (Å²) < 4.78 is 0. The third-order valence-electron chi connectivity index (χ3n) is 3.73. The van der Waals surface area contributed by atoms with Crippen LogP contribution in [0.3, 0.4) is 0 Å². The highest BCUT2D eigenvalue weighted by molar-refractivity contribution is 4.99. The Hall–Kier alpha value is -0.830. The van der Waals surface area contributed by atoms with Gasteiger partial charge in [0.15, 0.2) is 0 Å². The molecule has 1 aromatic rings. The normalized spacial score (nSPS) is 19.9. The van der Waals surface area contributed by atoms with Gasteiger partial charge in [-0.3, -0.25) is 0 Å². The molecule has 2 N–H and O–H groups in total. The molecule has 1 aromatic heterocycles. The number of imidazole rings is 1. The van der Waals surface area contributed by atoms with Crippen LogP contribution in [0.2, 0.25) is 0 Å². The van der Waals surface area contributed by atoms with Crippen molar-refractivity contribution in [2.24, 2.45) is 5.92 Å². The van der Waals surface area contributed by atoms with Crippen molar-refractivity contribution in [3.05, 3.63) is 17.7 Å². The topological polar surface area (TPSA) is 40.7 Å². The smallest absolute Gasteiger partial charge is 0.103 e. The third kappa shape index (κ3) is 3.08. The average molecular weight is 221 g/mol.